The van der Waals surface area contributed by atoms with Crippen LogP contribution >= 0.6 is 0 Å². The number of aromatic amines is 1. The number of hydrogen-bond donors (Lipinski definition) is 2. The molecule has 20 heavy (non-hydrogen) atoms. The maximum absolute atomic E-state index is 4.38. The standard InChI is InChI=1S/C16H22N4/c1-12-18-16(20-19-12)14-8-5-9-15(10-14)17-11-13-6-3-2-4-7-13/h5,8-10,13,17H,2-4,6-7,11H2,1H3,(H,18,19,20). The Hall–Kier alpha value is -1.84. The fraction of sp³-hybridized carbons (Fsp3) is 0.500. The monoisotopic (exact) mass is 270 g/mol. The van der Waals surface area contributed by atoms with Crippen LogP contribution in [-0.4, -0.2) is 21.7 Å². The quantitative estimate of drug-likeness (QED) is 0.889. The lowest BCUT2D eigenvalue weighted by Crippen LogP contribution is -2.17. The number of H-pyrrole nitrogens is 1. The summed E-state index contributed by atoms with van der Waals surface area (Å²) in [5.41, 5.74) is 2.22. The van der Waals surface area contributed by atoms with Gasteiger partial charge in [0.25, 0.3) is 0 Å². The Labute approximate surface area is 120 Å². The van der Waals surface area contributed by atoms with Crippen molar-refractivity contribution in [3.63, 3.8) is 0 Å². The highest BCUT2D eigenvalue weighted by molar-refractivity contribution is 5.62. The number of nitrogens with zero attached hydrogens (tertiary/aromatic N) is 2. The molecule has 0 bridgehead atoms. The summed E-state index contributed by atoms with van der Waals surface area (Å²) in [6.45, 7) is 3.00. The molecule has 0 atom stereocenters. The molecule has 0 amide bonds. The van der Waals surface area contributed by atoms with E-state index in [2.05, 4.69) is 44.8 Å². The molecule has 0 saturated heterocycles. The van der Waals surface area contributed by atoms with Gasteiger partial charge in [0.1, 0.15) is 5.82 Å². The third-order valence-corrected chi connectivity index (χ3v) is 4.04. The van der Waals surface area contributed by atoms with Crippen LogP contribution in [-0.2, 0) is 0 Å². The molecular formula is C16H22N4. The fourth-order valence-corrected chi connectivity index (χ4v) is 2.89. The lowest BCUT2D eigenvalue weighted by Gasteiger charge is -2.22. The summed E-state index contributed by atoms with van der Waals surface area (Å²) >= 11 is 0. The molecule has 2 N–H and O–H groups in total. The Bertz CT molecular complexity index is 555. The van der Waals surface area contributed by atoms with Crippen molar-refractivity contribution in [2.45, 2.75) is 39.0 Å². The van der Waals surface area contributed by atoms with Gasteiger partial charge >= 0.3 is 0 Å². The minimum atomic E-state index is 0.767. The van der Waals surface area contributed by atoms with Gasteiger partial charge in [0, 0.05) is 17.8 Å². The first-order chi connectivity index (χ1) is 9.81. The Morgan fingerprint density at radius 2 is 2.10 bits per heavy atom. The van der Waals surface area contributed by atoms with Crippen molar-refractivity contribution in [1.29, 1.82) is 0 Å². The number of hydrogen-bond acceptors (Lipinski definition) is 3. The van der Waals surface area contributed by atoms with Crippen molar-refractivity contribution in [1.82, 2.24) is 15.2 Å². The number of aromatic nitrogens is 3. The molecule has 1 heterocycles. The number of aryl methyl sites for hydroxylation is 1. The van der Waals surface area contributed by atoms with E-state index in [1.165, 1.54) is 32.1 Å². The molecule has 1 aromatic carbocycles. The first-order valence-corrected chi connectivity index (χ1v) is 7.54. The maximum atomic E-state index is 4.38. The predicted octanol–water partition coefficient (Wildman–Crippen LogP) is 3.77. The Morgan fingerprint density at radius 3 is 2.85 bits per heavy atom. The molecule has 4 nitrogen and oxygen atoms in total. The van der Waals surface area contributed by atoms with Crippen LogP contribution in [0.4, 0.5) is 5.69 Å². The Morgan fingerprint density at radius 1 is 1.25 bits per heavy atom. The minimum absolute atomic E-state index is 0.767. The van der Waals surface area contributed by atoms with Crippen LogP contribution in [0.2, 0.25) is 0 Å². The van der Waals surface area contributed by atoms with Crippen molar-refractivity contribution in [2.75, 3.05) is 11.9 Å². The van der Waals surface area contributed by atoms with Gasteiger partial charge in [0.15, 0.2) is 5.82 Å². The predicted molar refractivity (Wildman–Crippen MR) is 81.6 cm³/mol. The zero-order valence-electron chi connectivity index (χ0n) is 12.0. The van der Waals surface area contributed by atoms with Gasteiger partial charge in [-0.2, -0.15) is 5.10 Å². The lowest BCUT2D eigenvalue weighted by atomic mass is 9.89. The molecule has 4 heteroatoms. The average molecular weight is 270 g/mol. The minimum Gasteiger partial charge on any atom is -0.385 e. The Balaban J connectivity index is 1.65. The van der Waals surface area contributed by atoms with Gasteiger partial charge in [-0.15, -0.1) is 0 Å². The summed E-state index contributed by atoms with van der Waals surface area (Å²) in [7, 11) is 0. The molecular weight excluding hydrogens is 248 g/mol. The van der Waals surface area contributed by atoms with Crippen LogP contribution in [0.25, 0.3) is 11.4 Å². The van der Waals surface area contributed by atoms with E-state index >= 15 is 0 Å². The van der Waals surface area contributed by atoms with Crippen LogP contribution in [0.15, 0.2) is 24.3 Å². The van der Waals surface area contributed by atoms with Gasteiger partial charge in [0.2, 0.25) is 0 Å². The molecule has 0 unspecified atom stereocenters. The highest BCUT2D eigenvalue weighted by Gasteiger charge is 2.13. The Kier molecular flexibility index (Phi) is 4.00. The molecule has 106 valence electrons. The van der Waals surface area contributed by atoms with Crippen molar-refractivity contribution < 1.29 is 0 Å². The molecule has 1 aliphatic rings. The van der Waals surface area contributed by atoms with E-state index in [4.69, 9.17) is 0 Å². The average Bonchev–Trinajstić information content (AvgIpc) is 2.93. The van der Waals surface area contributed by atoms with E-state index in [9.17, 15) is 0 Å². The van der Waals surface area contributed by atoms with Gasteiger partial charge in [-0.3, -0.25) is 5.10 Å². The summed E-state index contributed by atoms with van der Waals surface area (Å²) in [5, 5.41) is 10.7. The van der Waals surface area contributed by atoms with Gasteiger partial charge in [-0.1, -0.05) is 31.4 Å². The summed E-state index contributed by atoms with van der Waals surface area (Å²) in [6.07, 6.45) is 6.93. The number of rotatable bonds is 4. The second-order valence-corrected chi connectivity index (χ2v) is 5.71. The highest BCUT2D eigenvalue weighted by atomic mass is 15.2. The van der Waals surface area contributed by atoms with E-state index in [1.807, 2.05) is 6.92 Å². The van der Waals surface area contributed by atoms with Crippen LogP contribution in [0.5, 0.6) is 0 Å². The third-order valence-electron chi connectivity index (χ3n) is 4.04. The van der Waals surface area contributed by atoms with E-state index < -0.39 is 0 Å². The molecule has 1 aliphatic carbocycles. The number of anilines is 1. The molecule has 1 fully saturated rings. The maximum Gasteiger partial charge on any atom is 0.181 e. The highest BCUT2D eigenvalue weighted by Crippen LogP contribution is 2.25. The van der Waals surface area contributed by atoms with Crippen LogP contribution in [0.3, 0.4) is 0 Å². The fourth-order valence-electron chi connectivity index (χ4n) is 2.89. The summed E-state index contributed by atoms with van der Waals surface area (Å²) in [6, 6.07) is 8.36. The first-order valence-electron chi connectivity index (χ1n) is 7.54. The molecule has 1 aromatic heterocycles. The zero-order valence-corrected chi connectivity index (χ0v) is 12.0. The van der Waals surface area contributed by atoms with E-state index in [-0.39, 0.29) is 0 Å². The van der Waals surface area contributed by atoms with E-state index in [0.29, 0.717) is 0 Å². The van der Waals surface area contributed by atoms with E-state index in [0.717, 1.165) is 35.4 Å². The second kappa shape index (κ2) is 6.07. The van der Waals surface area contributed by atoms with Crippen molar-refractivity contribution in [3.05, 3.63) is 30.1 Å². The summed E-state index contributed by atoms with van der Waals surface area (Å²) in [4.78, 5) is 4.38. The largest absolute Gasteiger partial charge is 0.385 e. The topological polar surface area (TPSA) is 53.6 Å². The van der Waals surface area contributed by atoms with Crippen LogP contribution in [0.1, 0.15) is 37.9 Å². The van der Waals surface area contributed by atoms with Gasteiger partial charge in [0.05, 0.1) is 0 Å². The first kappa shape index (κ1) is 13.2. The molecule has 3 rings (SSSR count). The normalized spacial score (nSPS) is 16.2. The van der Waals surface area contributed by atoms with Crippen molar-refractivity contribution in [3.8, 4) is 11.4 Å². The SMILES string of the molecule is Cc1nc(-c2cccc(NCC3CCCCC3)c2)n[nH]1. The molecule has 0 aliphatic heterocycles. The van der Waals surface area contributed by atoms with Crippen LogP contribution < -0.4 is 5.32 Å². The molecule has 2 aromatic rings. The molecule has 0 spiro atoms. The smallest absolute Gasteiger partial charge is 0.181 e. The summed E-state index contributed by atoms with van der Waals surface area (Å²) < 4.78 is 0. The van der Waals surface area contributed by atoms with Crippen molar-refractivity contribution in [2.24, 2.45) is 5.92 Å². The lowest BCUT2D eigenvalue weighted by molar-refractivity contribution is 0.373. The zero-order chi connectivity index (χ0) is 13.8. The third kappa shape index (κ3) is 3.18. The second-order valence-electron chi connectivity index (χ2n) is 5.71. The summed E-state index contributed by atoms with van der Waals surface area (Å²) in [5.74, 6) is 2.45. The van der Waals surface area contributed by atoms with E-state index in [1.54, 1.807) is 0 Å². The molecule has 1 saturated carbocycles. The van der Waals surface area contributed by atoms with Crippen LogP contribution in [0, 0.1) is 12.8 Å². The molecule has 0 radical (unpaired) electrons. The van der Waals surface area contributed by atoms with Gasteiger partial charge in [-0.05, 0) is 37.8 Å². The number of benzene rings is 1. The van der Waals surface area contributed by atoms with Gasteiger partial charge in [-0.25, -0.2) is 4.98 Å². The number of nitrogens with one attached hydrogen (secondary N) is 2. The van der Waals surface area contributed by atoms with Gasteiger partial charge < -0.3 is 5.32 Å². The van der Waals surface area contributed by atoms with Crippen molar-refractivity contribution >= 4 is 5.69 Å².